The van der Waals surface area contributed by atoms with Gasteiger partial charge in [0.2, 0.25) is 5.91 Å². The second-order valence-electron chi connectivity index (χ2n) is 11.3. The standard InChI is InChI=1S/C32H37F5N4O3S/c1-41-19-24(39-18-25(41)4-3-17-45(43)44)15-16-26-27(34)5-2-6-28(26)40-31(42)30(38)29(21-9-13-23(33)14-10-21)20-7-11-22(12-8-20)32(35,36)37/h2,5-14,24-25,29-30,39H,3-4,15-19,38H2,1H3,(H,40,42)(H,43,44)/t24?,25?,29-,30+/m1/s1. The summed E-state index contributed by atoms with van der Waals surface area (Å²) in [7, 11) is 1.98. The zero-order valence-electron chi connectivity index (χ0n) is 24.7. The minimum absolute atomic E-state index is 0.0474. The molecule has 0 aliphatic carbocycles. The quantitative estimate of drug-likeness (QED) is 0.157. The molecule has 0 bridgehead atoms. The van der Waals surface area contributed by atoms with Gasteiger partial charge in [-0.1, -0.05) is 30.3 Å². The molecule has 1 amide bonds. The summed E-state index contributed by atoms with van der Waals surface area (Å²) in [6.07, 6.45) is -2.28. The van der Waals surface area contributed by atoms with Gasteiger partial charge in [0.1, 0.15) is 11.6 Å². The smallest absolute Gasteiger partial charge is 0.324 e. The van der Waals surface area contributed by atoms with Crippen LogP contribution in [-0.4, -0.2) is 63.6 Å². The van der Waals surface area contributed by atoms with Crippen molar-refractivity contribution >= 4 is 22.7 Å². The van der Waals surface area contributed by atoms with Crippen molar-refractivity contribution in [2.75, 3.05) is 31.2 Å². The van der Waals surface area contributed by atoms with Crippen LogP contribution in [0, 0.1) is 11.6 Å². The normalized spacial score (nSPS) is 19.6. The average molecular weight is 653 g/mol. The Bertz CT molecular complexity index is 1460. The van der Waals surface area contributed by atoms with E-state index in [1.165, 1.54) is 48.5 Å². The highest BCUT2D eigenvalue weighted by atomic mass is 32.2. The van der Waals surface area contributed by atoms with Gasteiger partial charge in [-0.25, -0.2) is 13.0 Å². The number of hydrogen-bond acceptors (Lipinski definition) is 5. The molecule has 1 aliphatic heterocycles. The van der Waals surface area contributed by atoms with Crippen molar-refractivity contribution in [1.82, 2.24) is 10.2 Å². The van der Waals surface area contributed by atoms with Gasteiger partial charge >= 0.3 is 6.18 Å². The summed E-state index contributed by atoms with van der Waals surface area (Å²) in [6.45, 7) is 1.38. The molecule has 5 N–H and O–H groups in total. The van der Waals surface area contributed by atoms with Crippen LogP contribution in [0.3, 0.4) is 0 Å². The maximum Gasteiger partial charge on any atom is 0.416 e. The Hall–Kier alpha value is -3.23. The van der Waals surface area contributed by atoms with Crippen LogP contribution in [0.4, 0.5) is 27.6 Å². The second kappa shape index (κ2) is 15.4. The van der Waals surface area contributed by atoms with Crippen molar-refractivity contribution in [1.29, 1.82) is 0 Å². The van der Waals surface area contributed by atoms with Gasteiger partial charge in [-0.15, -0.1) is 0 Å². The van der Waals surface area contributed by atoms with Gasteiger partial charge in [-0.05, 0) is 80.3 Å². The number of nitrogens with zero attached hydrogens (tertiary/aromatic N) is 1. The largest absolute Gasteiger partial charge is 0.416 e. The predicted octanol–water partition coefficient (Wildman–Crippen LogP) is 5.29. The Balaban J connectivity index is 1.47. The van der Waals surface area contributed by atoms with Crippen LogP contribution in [0.5, 0.6) is 0 Å². The third kappa shape index (κ3) is 9.39. The molecule has 0 radical (unpaired) electrons. The topological polar surface area (TPSA) is 108 Å². The van der Waals surface area contributed by atoms with Gasteiger partial charge in [0.25, 0.3) is 0 Å². The molecule has 5 atom stereocenters. The number of nitrogens with one attached hydrogen (secondary N) is 2. The molecule has 7 nitrogen and oxygen atoms in total. The summed E-state index contributed by atoms with van der Waals surface area (Å²) >= 11 is -1.82. The molecule has 1 fully saturated rings. The third-order valence-electron chi connectivity index (χ3n) is 8.24. The van der Waals surface area contributed by atoms with E-state index in [0.717, 1.165) is 18.6 Å². The first-order valence-corrected chi connectivity index (χ1v) is 15.9. The van der Waals surface area contributed by atoms with E-state index in [0.29, 0.717) is 49.0 Å². The van der Waals surface area contributed by atoms with Crippen LogP contribution in [0.2, 0.25) is 0 Å². The molecule has 0 aromatic heterocycles. The van der Waals surface area contributed by atoms with Gasteiger partial charge in [-0.2, -0.15) is 13.2 Å². The number of alkyl halides is 3. The highest BCUT2D eigenvalue weighted by molar-refractivity contribution is 7.79. The lowest BCUT2D eigenvalue weighted by Crippen LogP contribution is -2.55. The summed E-state index contributed by atoms with van der Waals surface area (Å²) in [5.74, 6) is -2.40. The molecule has 3 unspecified atom stereocenters. The molecule has 4 rings (SSSR count). The maximum absolute atomic E-state index is 15.1. The Morgan fingerprint density at radius 2 is 1.71 bits per heavy atom. The van der Waals surface area contributed by atoms with Crippen molar-refractivity contribution in [2.45, 2.75) is 55.9 Å². The average Bonchev–Trinajstić information content (AvgIpc) is 2.98. The van der Waals surface area contributed by atoms with E-state index in [4.69, 9.17) is 10.3 Å². The number of piperazine rings is 1. The summed E-state index contributed by atoms with van der Waals surface area (Å²) in [5.41, 5.74) is 6.85. The number of hydrogen-bond donors (Lipinski definition) is 4. The number of nitrogens with two attached hydrogens (primary N) is 1. The molecule has 13 heteroatoms. The van der Waals surface area contributed by atoms with E-state index < -0.39 is 52.3 Å². The number of rotatable bonds is 12. The van der Waals surface area contributed by atoms with Gasteiger partial charge in [0.05, 0.1) is 11.6 Å². The van der Waals surface area contributed by atoms with Crippen LogP contribution in [0.1, 0.15) is 47.4 Å². The van der Waals surface area contributed by atoms with Crippen LogP contribution < -0.4 is 16.4 Å². The Kier molecular flexibility index (Phi) is 11.8. The van der Waals surface area contributed by atoms with E-state index in [1.54, 1.807) is 6.07 Å². The predicted molar refractivity (Wildman–Crippen MR) is 164 cm³/mol. The second-order valence-corrected chi connectivity index (χ2v) is 12.4. The summed E-state index contributed by atoms with van der Waals surface area (Å²) in [5, 5.41) is 6.19. The summed E-state index contributed by atoms with van der Waals surface area (Å²) in [6, 6.07) is 12.8. The molecule has 1 saturated heterocycles. The van der Waals surface area contributed by atoms with Crippen molar-refractivity contribution < 1.29 is 35.5 Å². The SMILES string of the molecule is CN1CC(CCc2c(F)cccc2NC(=O)[C@@H](N)[C@@H](c2ccc(F)cc2)c2ccc(C(F)(F)F)cc2)NCC1CCCS(=O)O. The van der Waals surface area contributed by atoms with Crippen LogP contribution in [0.25, 0.3) is 0 Å². The Morgan fingerprint density at radius 3 is 2.31 bits per heavy atom. The lowest BCUT2D eigenvalue weighted by Gasteiger charge is -2.38. The molecule has 3 aromatic carbocycles. The third-order valence-corrected chi connectivity index (χ3v) is 8.88. The maximum atomic E-state index is 15.1. The molecule has 1 aliphatic rings. The van der Waals surface area contributed by atoms with E-state index in [-0.39, 0.29) is 23.5 Å². The fraction of sp³-hybridized carbons (Fsp3) is 0.406. The lowest BCUT2D eigenvalue weighted by molar-refractivity contribution is -0.137. The van der Waals surface area contributed by atoms with E-state index in [1.807, 2.05) is 7.05 Å². The first kappa shape index (κ1) is 34.6. The molecule has 0 saturated carbocycles. The van der Waals surface area contributed by atoms with Crippen molar-refractivity contribution in [2.24, 2.45) is 5.73 Å². The number of halogens is 5. The van der Waals surface area contributed by atoms with Crippen LogP contribution >= 0.6 is 0 Å². The number of amides is 1. The van der Waals surface area contributed by atoms with Gasteiger partial charge in [0.15, 0.2) is 11.1 Å². The lowest BCUT2D eigenvalue weighted by atomic mass is 9.84. The fourth-order valence-electron chi connectivity index (χ4n) is 5.75. The van der Waals surface area contributed by atoms with Gasteiger partial charge < -0.3 is 25.8 Å². The number of anilines is 1. The molecule has 244 valence electrons. The molecule has 1 heterocycles. The highest BCUT2D eigenvalue weighted by Crippen LogP contribution is 2.33. The van der Waals surface area contributed by atoms with Crippen molar-refractivity contribution in [3.8, 4) is 0 Å². The Labute approximate surface area is 261 Å². The van der Waals surface area contributed by atoms with Crippen molar-refractivity contribution in [3.63, 3.8) is 0 Å². The van der Waals surface area contributed by atoms with E-state index >= 15 is 4.39 Å². The zero-order chi connectivity index (χ0) is 32.7. The highest BCUT2D eigenvalue weighted by Gasteiger charge is 2.33. The van der Waals surface area contributed by atoms with Crippen molar-refractivity contribution in [3.05, 3.63) is 101 Å². The number of likely N-dealkylation sites (N-methyl/N-ethyl adjacent to an activating group) is 1. The van der Waals surface area contributed by atoms with Gasteiger partial charge in [0, 0.05) is 48.1 Å². The minimum atomic E-state index is -4.55. The molecular weight excluding hydrogens is 615 g/mol. The zero-order valence-corrected chi connectivity index (χ0v) is 25.5. The molecule has 3 aromatic rings. The Morgan fingerprint density at radius 1 is 1.07 bits per heavy atom. The first-order valence-electron chi connectivity index (χ1n) is 14.6. The van der Waals surface area contributed by atoms with E-state index in [9.17, 15) is 26.6 Å². The number of carbonyl (C=O) groups excluding carboxylic acids is 1. The van der Waals surface area contributed by atoms with Gasteiger partial charge in [-0.3, -0.25) is 4.79 Å². The number of carbonyl (C=O) groups is 1. The molecule has 0 spiro atoms. The number of benzene rings is 3. The first-order chi connectivity index (χ1) is 21.3. The monoisotopic (exact) mass is 652 g/mol. The summed E-state index contributed by atoms with van der Waals surface area (Å²) < 4.78 is 88.3. The van der Waals surface area contributed by atoms with E-state index in [2.05, 4.69) is 15.5 Å². The van der Waals surface area contributed by atoms with Crippen LogP contribution in [-0.2, 0) is 28.5 Å². The molecule has 45 heavy (non-hydrogen) atoms. The van der Waals surface area contributed by atoms with Crippen LogP contribution in [0.15, 0.2) is 66.7 Å². The molecular formula is C32H37F5N4O3S. The minimum Gasteiger partial charge on any atom is -0.324 e. The fourth-order valence-corrected chi connectivity index (χ4v) is 6.16. The summed E-state index contributed by atoms with van der Waals surface area (Å²) in [4.78, 5) is 15.7.